The second-order valence-corrected chi connectivity index (χ2v) is 9.18. The van der Waals surface area contributed by atoms with Crippen molar-refractivity contribution in [1.29, 1.82) is 0 Å². The lowest BCUT2D eigenvalue weighted by molar-refractivity contribution is 0.193. The maximum atomic E-state index is 12.6. The molecule has 0 aliphatic carbocycles. The monoisotopic (exact) mass is 391 g/mol. The van der Waals surface area contributed by atoms with E-state index in [4.69, 9.17) is 4.42 Å². The van der Waals surface area contributed by atoms with Crippen LogP contribution in [0.25, 0.3) is 0 Å². The Hall–Kier alpha value is -1.93. The van der Waals surface area contributed by atoms with Crippen molar-refractivity contribution in [2.45, 2.75) is 38.3 Å². The smallest absolute Gasteiger partial charge is 0.241 e. The number of furan rings is 1. The summed E-state index contributed by atoms with van der Waals surface area (Å²) < 4.78 is 33.1. The highest BCUT2D eigenvalue weighted by Crippen LogP contribution is 2.29. The molecule has 26 heavy (non-hydrogen) atoms. The molecule has 5 nitrogen and oxygen atoms in total. The predicted octanol–water partition coefficient (Wildman–Crippen LogP) is 3.83. The first kappa shape index (κ1) is 18.8. The largest absolute Gasteiger partial charge is 0.466 e. The van der Waals surface area contributed by atoms with Crippen molar-refractivity contribution in [3.05, 3.63) is 74.9 Å². The fourth-order valence-corrected chi connectivity index (χ4v) is 5.05. The number of benzene rings is 1. The van der Waals surface area contributed by atoms with Crippen LogP contribution in [-0.2, 0) is 16.6 Å². The molecular formula is C19H21NO4S2. The quantitative estimate of drug-likeness (QED) is 0.669. The van der Waals surface area contributed by atoms with E-state index in [2.05, 4.69) is 4.72 Å². The highest BCUT2D eigenvalue weighted by molar-refractivity contribution is 7.89. The summed E-state index contributed by atoms with van der Waals surface area (Å²) in [5, 5.41) is 10.3. The van der Waals surface area contributed by atoms with Gasteiger partial charge in [-0.2, -0.15) is 0 Å². The first-order valence-corrected chi connectivity index (χ1v) is 10.5. The number of thiophene rings is 1. The van der Waals surface area contributed by atoms with Crippen LogP contribution in [0.15, 0.2) is 52.0 Å². The van der Waals surface area contributed by atoms with Crippen LogP contribution in [-0.4, -0.2) is 13.5 Å². The van der Waals surface area contributed by atoms with Crippen LogP contribution in [0.5, 0.6) is 0 Å². The molecule has 0 spiro atoms. The van der Waals surface area contributed by atoms with Crippen molar-refractivity contribution in [3.8, 4) is 0 Å². The molecule has 0 radical (unpaired) electrons. The number of hydrogen-bond acceptors (Lipinski definition) is 5. The minimum atomic E-state index is -3.61. The van der Waals surface area contributed by atoms with E-state index in [1.807, 2.05) is 26.0 Å². The molecule has 0 bridgehead atoms. The van der Waals surface area contributed by atoms with E-state index in [1.54, 1.807) is 31.2 Å². The number of nitrogens with one attached hydrogen (secondary N) is 1. The highest BCUT2D eigenvalue weighted by Gasteiger charge is 2.19. The Morgan fingerprint density at radius 1 is 1.12 bits per heavy atom. The van der Waals surface area contributed by atoms with Crippen LogP contribution in [0.1, 0.15) is 38.3 Å². The Labute approximate surface area is 157 Å². The van der Waals surface area contributed by atoms with Crippen molar-refractivity contribution < 1.29 is 17.9 Å². The van der Waals surface area contributed by atoms with E-state index >= 15 is 0 Å². The molecule has 0 aliphatic rings. The average molecular weight is 392 g/mol. The normalized spacial score (nSPS) is 13.1. The van der Waals surface area contributed by atoms with Gasteiger partial charge in [-0.15, -0.1) is 11.3 Å². The topological polar surface area (TPSA) is 79.5 Å². The Kier molecular flexibility index (Phi) is 5.34. The van der Waals surface area contributed by atoms with Gasteiger partial charge < -0.3 is 9.52 Å². The van der Waals surface area contributed by atoms with Crippen molar-refractivity contribution >= 4 is 21.4 Å². The van der Waals surface area contributed by atoms with E-state index in [1.165, 1.54) is 17.6 Å². The lowest BCUT2D eigenvalue weighted by atomic mass is 10.1. The van der Waals surface area contributed by atoms with Crippen LogP contribution in [0, 0.1) is 20.8 Å². The molecule has 0 saturated carbocycles. The summed E-state index contributed by atoms with van der Waals surface area (Å²) in [4.78, 5) is 1.82. The molecule has 1 atom stereocenters. The van der Waals surface area contributed by atoms with E-state index in [-0.39, 0.29) is 6.54 Å². The standard InChI is InChI=1S/C19H21NO4S2/c1-12-9-14(3)18(10-13(12)2)26(22,23)20-11-15-6-7-17(25-15)19(21)16-5-4-8-24-16/h4-10,19-21H,11H2,1-3H3. The summed E-state index contributed by atoms with van der Waals surface area (Å²) in [6, 6.07) is 10.6. The number of hydrogen-bond donors (Lipinski definition) is 2. The summed E-state index contributed by atoms with van der Waals surface area (Å²) in [5.74, 6) is 0.463. The van der Waals surface area contributed by atoms with Crippen LogP contribution < -0.4 is 4.72 Å². The number of aliphatic hydroxyl groups excluding tert-OH is 1. The third-order valence-electron chi connectivity index (χ3n) is 4.28. The molecule has 138 valence electrons. The van der Waals surface area contributed by atoms with Gasteiger partial charge in [-0.3, -0.25) is 0 Å². The lowest BCUT2D eigenvalue weighted by Crippen LogP contribution is -2.23. The van der Waals surface area contributed by atoms with E-state index in [0.29, 0.717) is 15.5 Å². The van der Waals surface area contributed by atoms with Gasteiger partial charge in [0, 0.05) is 16.3 Å². The van der Waals surface area contributed by atoms with Gasteiger partial charge in [-0.1, -0.05) is 6.07 Å². The second-order valence-electron chi connectivity index (χ2n) is 6.25. The molecule has 2 N–H and O–H groups in total. The van der Waals surface area contributed by atoms with Gasteiger partial charge in [0.25, 0.3) is 0 Å². The number of rotatable bonds is 6. The minimum Gasteiger partial charge on any atom is -0.466 e. The average Bonchev–Trinajstić information content (AvgIpc) is 3.27. The molecule has 1 unspecified atom stereocenters. The second kappa shape index (κ2) is 7.36. The summed E-state index contributed by atoms with van der Waals surface area (Å²) >= 11 is 1.35. The molecule has 3 rings (SSSR count). The van der Waals surface area contributed by atoms with Crippen molar-refractivity contribution in [2.75, 3.05) is 0 Å². The van der Waals surface area contributed by atoms with Gasteiger partial charge in [0.05, 0.1) is 11.2 Å². The van der Waals surface area contributed by atoms with E-state index in [9.17, 15) is 13.5 Å². The third kappa shape index (κ3) is 3.91. The minimum absolute atomic E-state index is 0.171. The Morgan fingerprint density at radius 3 is 2.54 bits per heavy atom. The summed E-state index contributed by atoms with van der Waals surface area (Å²) in [6.07, 6.45) is 0.662. The first-order chi connectivity index (χ1) is 12.3. The summed E-state index contributed by atoms with van der Waals surface area (Å²) in [7, 11) is -3.61. The molecule has 2 aromatic heterocycles. The Balaban J connectivity index is 1.74. The first-order valence-electron chi connectivity index (χ1n) is 8.15. The van der Waals surface area contributed by atoms with Gasteiger partial charge in [-0.05, 0) is 67.8 Å². The van der Waals surface area contributed by atoms with Gasteiger partial charge in [0.2, 0.25) is 10.0 Å². The van der Waals surface area contributed by atoms with Crippen molar-refractivity contribution in [1.82, 2.24) is 4.72 Å². The van der Waals surface area contributed by atoms with Crippen LogP contribution in [0.3, 0.4) is 0 Å². The molecule has 2 heterocycles. The molecule has 3 aromatic rings. The van der Waals surface area contributed by atoms with Crippen LogP contribution in [0.4, 0.5) is 0 Å². The SMILES string of the molecule is Cc1cc(C)c(S(=O)(=O)NCc2ccc(C(O)c3ccco3)s2)cc1C. The van der Waals surface area contributed by atoms with Gasteiger partial charge in [0.15, 0.2) is 0 Å². The number of aliphatic hydroxyl groups is 1. The number of aryl methyl sites for hydroxylation is 3. The maximum absolute atomic E-state index is 12.6. The van der Waals surface area contributed by atoms with Gasteiger partial charge >= 0.3 is 0 Å². The van der Waals surface area contributed by atoms with Crippen molar-refractivity contribution in [3.63, 3.8) is 0 Å². The third-order valence-corrected chi connectivity index (χ3v) is 6.96. The Bertz CT molecular complexity index is 1000. The maximum Gasteiger partial charge on any atom is 0.241 e. The molecule has 0 fully saturated rings. The van der Waals surface area contributed by atoms with Gasteiger partial charge in [-0.25, -0.2) is 13.1 Å². The fraction of sp³-hybridized carbons (Fsp3) is 0.263. The summed E-state index contributed by atoms with van der Waals surface area (Å²) in [6.45, 7) is 5.83. The molecule has 0 saturated heterocycles. The zero-order chi connectivity index (χ0) is 18.9. The molecule has 0 aliphatic heterocycles. The Morgan fingerprint density at radius 2 is 1.85 bits per heavy atom. The van der Waals surface area contributed by atoms with Crippen molar-refractivity contribution in [2.24, 2.45) is 0 Å². The molecule has 7 heteroatoms. The van der Waals surface area contributed by atoms with E-state index < -0.39 is 16.1 Å². The molecule has 0 amide bonds. The molecular weight excluding hydrogens is 370 g/mol. The highest BCUT2D eigenvalue weighted by atomic mass is 32.2. The summed E-state index contributed by atoms with van der Waals surface area (Å²) in [5.41, 5.74) is 2.73. The van der Waals surface area contributed by atoms with E-state index in [0.717, 1.165) is 21.6 Å². The van der Waals surface area contributed by atoms with Gasteiger partial charge in [0.1, 0.15) is 11.9 Å². The van der Waals surface area contributed by atoms with Crippen LogP contribution >= 0.6 is 11.3 Å². The zero-order valence-electron chi connectivity index (χ0n) is 14.8. The number of sulfonamides is 1. The molecule has 1 aromatic carbocycles. The predicted molar refractivity (Wildman–Crippen MR) is 102 cm³/mol. The fourth-order valence-electron chi connectivity index (χ4n) is 2.69. The lowest BCUT2D eigenvalue weighted by Gasteiger charge is -2.11. The zero-order valence-corrected chi connectivity index (χ0v) is 16.4. The van der Waals surface area contributed by atoms with Crippen LogP contribution in [0.2, 0.25) is 0 Å².